The Hall–Kier alpha value is -1.59. The maximum Gasteiger partial charge on any atom is 0.326 e. The average molecular weight is 249 g/mol. The first-order chi connectivity index (χ1) is 8.72. The van der Waals surface area contributed by atoms with E-state index in [0.29, 0.717) is 13.2 Å². The van der Waals surface area contributed by atoms with Gasteiger partial charge in [-0.2, -0.15) is 0 Å². The molecule has 0 aliphatic heterocycles. The van der Waals surface area contributed by atoms with Crippen molar-refractivity contribution in [2.45, 2.75) is 19.5 Å². The maximum absolute atomic E-state index is 11.8. The van der Waals surface area contributed by atoms with Crippen LogP contribution in [0.1, 0.15) is 6.92 Å². The highest BCUT2D eigenvalue weighted by Gasteiger charge is 2.06. The van der Waals surface area contributed by atoms with Crippen LogP contribution in [0, 0.1) is 0 Å². The molecule has 1 atom stereocenters. The van der Waals surface area contributed by atoms with Gasteiger partial charge in [-0.15, -0.1) is 0 Å². The zero-order valence-electron chi connectivity index (χ0n) is 10.8. The Morgan fingerprint density at radius 2 is 2.22 bits per heavy atom. The van der Waals surface area contributed by atoms with Crippen molar-refractivity contribution >= 4 is 11.0 Å². The molecule has 0 fully saturated rings. The largest absolute Gasteiger partial charge is 0.383 e. The number of H-pyrrole nitrogens is 1. The van der Waals surface area contributed by atoms with Gasteiger partial charge in [0.2, 0.25) is 0 Å². The van der Waals surface area contributed by atoms with E-state index in [1.165, 1.54) is 0 Å². The number of methoxy groups -OCH3 is 1. The van der Waals surface area contributed by atoms with Crippen molar-refractivity contribution < 1.29 is 4.74 Å². The third kappa shape index (κ3) is 2.80. The van der Waals surface area contributed by atoms with Gasteiger partial charge in [-0.1, -0.05) is 12.1 Å². The van der Waals surface area contributed by atoms with Crippen LogP contribution < -0.4 is 11.0 Å². The SMILES string of the molecule is COC[C@H](C)NCCn1c(=O)[nH]c2ccccc21. The van der Waals surface area contributed by atoms with Crippen LogP contribution in [0.25, 0.3) is 11.0 Å². The number of ether oxygens (including phenoxy) is 1. The fraction of sp³-hybridized carbons (Fsp3) is 0.462. The molecular weight excluding hydrogens is 230 g/mol. The summed E-state index contributed by atoms with van der Waals surface area (Å²) in [5, 5.41) is 3.32. The van der Waals surface area contributed by atoms with Gasteiger partial charge in [0, 0.05) is 26.2 Å². The minimum Gasteiger partial charge on any atom is -0.383 e. The Morgan fingerprint density at radius 3 is 3.00 bits per heavy atom. The molecule has 2 N–H and O–H groups in total. The van der Waals surface area contributed by atoms with Gasteiger partial charge in [0.1, 0.15) is 0 Å². The van der Waals surface area contributed by atoms with Gasteiger partial charge in [-0.05, 0) is 19.1 Å². The minimum atomic E-state index is -0.0580. The summed E-state index contributed by atoms with van der Waals surface area (Å²) < 4.78 is 6.80. The normalized spacial score (nSPS) is 13.0. The summed E-state index contributed by atoms with van der Waals surface area (Å²) in [7, 11) is 1.68. The number of hydrogen-bond donors (Lipinski definition) is 2. The molecule has 0 amide bonds. The molecule has 1 heterocycles. The van der Waals surface area contributed by atoms with E-state index < -0.39 is 0 Å². The molecule has 0 unspecified atom stereocenters. The molecule has 98 valence electrons. The lowest BCUT2D eigenvalue weighted by Crippen LogP contribution is -2.34. The van der Waals surface area contributed by atoms with Crippen molar-refractivity contribution in [2.75, 3.05) is 20.3 Å². The molecular formula is C13H19N3O2. The van der Waals surface area contributed by atoms with E-state index >= 15 is 0 Å². The fourth-order valence-electron chi connectivity index (χ4n) is 2.06. The predicted molar refractivity (Wildman–Crippen MR) is 71.9 cm³/mol. The summed E-state index contributed by atoms with van der Waals surface area (Å²) in [5.74, 6) is 0. The van der Waals surface area contributed by atoms with Crippen LogP contribution in [0.3, 0.4) is 0 Å². The van der Waals surface area contributed by atoms with Gasteiger partial charge in [-0.25, -0.2) is 4.79 Å². The second kappa shape index (κ2) is 5.84. The lowest BCUT2D eigenvalue weighted by Gasteiger charge is -2.12. The molecule has 2 aromatic rings. The number of para-hydroxylation sites is 2. The number of hydrogen-bond acceptors (Lipinski definition) is 3. The summed E-state index contributed by atoms with van der Waals surface area (Å²) in [5.41, 5.74) is 1.77. The highest BCUT2D eigenvalue weighted by molar-refractivity contribution is 5.74. The van der Waals surface area contributed by atoms with Crippen LogP contribution in [-0.4, -0.2) is 35.9 Å². The van der Waals surface area contributed by atoms with Gasteiger partial charge >= 0.3 is 5.69 Å². The number of benzene rings is 1. The second-order valence-electron chi connectivity index (χ2n) is 4.41. The third-order valence-electron chi connectivity index (χ3n) is 2.93. The Bertz CT molecular complexity index is 559. The molecule has 0 aliphatic rings. The van der Waals surface area contributed by atoms with Gasteiger partial charge < -0.3 is 15.0 Å². The topological polar surface area (TPSA) is 59.0 Å². The first-order valence-electron chi connectivity index (χ1n) is 6.12. The number of rotatable bonds is 6. The zero-order chi connectivity index (χ0) is 13.0. The first-order valence-corrected chi connectivity index (χ1v) is 6.12. The van der Waals surface area contributed by atoms with E-state index in [0.717, 1.165) is 17.6 Å². The zero-order valence-corrected chi connectivity index (χ0v) is 10.8. The molecule has 0 aliphatic carbocycles. The maximum atomic E-state index is 11.8. The van der Waals surface area contributed by atoms with Crippen molar-refractivity contribution in [3.8, 4) is 0 Å². The minimum absolute atomic E-state index is 0.0580. The van der Waals surface area contributed by atoms with Gasteiger partial charge in [0.25, 0.3) is 0 Å². The third-order valence-corrected chi connectivity index (χ3v) is 2.93. The lowest BCUT2D eigenvalue weighted by molar-refractivity contribution is 0.172. The summed E-state index contributed by atoms with van der Waals surface area (Å²) in [4.78, 5) is 14.6. The number of aromatic amines is 1. The lowest BCUT2D eigenvalue weighted by atomic mass is 10.3. The molecule has 0 saturated heterocycles. The predicted octanol–water partition coefficient (Wildman–Crippen LogP) is 0.954. The van der Waals surface area contributed by atoms with Crippen LogP contribution in [0.2, 0.25) is 0 Å². The molecule has 2 rings (SSSR count). The average Bonchev–Trinajstić information content (AvgIpc) is 2.66. The number of nitrogens with one attached hydrogen (secondary N) is 2. The highest BCUT2D eigenvalue weighted by atomic mass is 16.5. The molecule has 0 radical (unpaired) electrons. The van der Waals surface area contributed by atoms with Crippen molar-refractivity contribution in [1.82, 2.24) is 14.9 Å². The monoisotopic (exact) mass is 249 g/mol. The fourth-order valence-corrected chi connectivity index (χ4v) is 2.06. The number of fused-ring (bicyclic) bond motifs is 1. The van der Waals surface area contributed by atoms with Crippen molar-refractivity contribution in [1.29, 1.82) is 0 Å². The molecule has 1 aromatic carbocycles. The number of aromatic nitrogens is 2. The van der Waals surface area contributed by atoms with Gasteiger partial charge in [0.05, 0.1) is 17.6 Å². The van der Waals surface area contributed by atoms with Crippen LogP contribution in [-0.2, 0) is 11.3 Å². The standard InChI is InChI=1S/C13H19N3O2/c1-10(9-18-2)14-7-8-16-12-6-4-3-5-11(12)15-13(16)17/h3-6,10,14H,7-9H2,1-2H3,(H,15,17)/t10-/m0/s1. The Morgan fingerprint density at radius 1 is 1.44 bits per heavy atom. The van der Waals surface area contributed by atoms with E-state index in [-0.39, 0.29) is 11.7 Å². The Balaban J connectivity index is 2.03. The number of imidazole rings is 1. The van der Waals surface area contributed by atoms with E-state index in [9.17, 15) is 4.79 Å². The molecule has 0 bridgehead atoms. The van der Waals surface area contributed by atoms with E-state index in [1.807, 2.05) is 24.3 Å². The summed E-state index contributed by atoms with van der Waals surface area (Å²) in [6.07, 6.45) is 0. The van der Waals surface area contributed by atoms with E-state index in [2.05, 4.69) is 17.2 Å². The number of nitrogens with zero attached hydrogens (tertiary/aromatic N) is 1. The molecule has 0 spiro atoms. The van der Waals surface area contributed by atoms with Crippen LogP contribution in [0.5, 0.6) is 0 Å². The van der Waals surface area contributed by atoms with Crippen molar-refractivity contribution in [3.63, 3.8) is 0 Å². The smallest absolute Gasteiger partial charge is 0.326 e. The molecule has 5 heteroatoms. The highest BCUT2D eigenvalue weighted by Crippen LogP contribution is 2.08. The van der Waals surface area contributed by atoms with Crippen LogP contribution in [0.15, 0.2) is 29.1 Å². The molecule has 18 heavy (non-hydrogen) atoms. The van der Waals surface area contributed by atoms with Crippen molar-refractivity contribution in [3.05, 3.63) is 34.7 Å². The molecule has 5 nitrogen and oxygen atoms in total. The summed E-state index contributed by atoms with van der Waals surface area (Å²) in [6, 6.07) is 8.00. The molecule has 0 saturated carbocycles. The van der Waals surface area contributed by atoms with Crippen LogP contribution in [0.4, 0.5) is 0 Å². The van der Waals surface area contributed by atoms with Gasteiger partial charge in [-0.3, -0.25) is 4.57 Å². The second-order valence-corrected chi connectivity index (χ2v) is 4.41. The summed E-state index contributed by atoms with van der Waals surface area (Å²) in [6.45, 7) is 4.12. The van der Waals surface area contributed by atoms with Gasteiger partial charge in [0.15, 0.2) is 0 Å². The molecule has 1 aromatic heterocycles. The van der Waals surface area contributed by atoms with E-state index in [4.69, 9.17) is 4.74 Å². The Kier molecular flexibility index (Phi) is 4.17. The summed E-state index contributed by atoms with van der Waals surface area (Å²) >= 11 is 0. The van der Waals surface area contributed by atoms with Crippen LogP contribution >= 0.6 is 0 Å². The first kappa shape index (κ1) is 12.9. The Labute approximate surface area is 106 Å². The quantitative estimate of drug-likeness (QED) is 0.801. The van der Waals surface area contributed by atoms with Crippen molar-refractivity contribution in [2.24, 2.45) is 0 Å². The van der Waals surface area contributed by atoms with E-state index in [1.54, 1.807) is 11.7 Å².